The maximum Gasteiger partial charge on any atom is 0.272 e. The van der Waals surface area contributed by atoms with E-state index >= 15 is 0 Å². The van der Waals surface area contributed by atoms with Crippen molar-refractivity contribution in [3.8, 4) is 0 Å². The van der Waals surface area contributed by atoms with Gasteiger partial charge in [0.25, 0.3) is 5.91 Å². The van der Waals surface area contributed by atoms with E-state index in [-0.39, 0.29) is 5.91 Å². The van der Waals surface area contributed by atoms with Gasteiger partial charge in [-0.3, -0.25) is 4.79 Å². The van der Waals surface area contributed by atoms with E-state index in [1.54, 1.807) is 24.2 Å². The molecular weight excluding hydrogens is 300 g/mol. The summed E-state index contributed by atoms with van der Waals surface area (Å²) < 4.78 is 0. The minimum atomic E-state index is -0.0777. The standard InChI is InChI=1S/C19H26N4O/c1-5-6-13-23(4)18(24)17-11-12-20-19(22-17)21-16-10-8-7-9-15(16)14(2)3/h7-12,14H,5-6,13H2,1-4H3,(H,20,21,22). The zero-order chi connectivity index (χ0) is 17.5. The number of unbranched alkanes of at least 4 members (excludes halogenated alkanes) is 1. The third-order valence-electron chi connectivity index (χ3n) is 3.90. The summed E-state index contributed by atoms with van der Waals surface area (Å²) in [5, 5.41) is 3.24. The molecule has 0 radical (unpaired) electrons. The van der Waals surface area contributed by atoms with Crippen LogP contribution in [0.15, 0.2) is 36.5 Å². The second-order valence-corrected chi connectivity index (χ2v) is 6.21. The van der Waals surface area contributed by atoms with Crippen LogP contribution in [-0.2, 0) is 0 Å². The van der Waals surface area contributed by atoms with Crippen LogP contribution in [0.25, 0.3) is 0 Å². The molecule has 128 valence electrons. The molecule has 0 spiro atoms. The molecule has 0 atom stereocenters. The SMILES string of the molecule is CCCCN(C)C(=O)c1ccnc(Nc2ccccc2C(C)C)n1. The Kier molecular flexibility index (Phi) is 6.29. The Morgan fingerprint density at radius 1 is 1.25 bits per heavy atom. The number of hydrogen-bond donors (Lipinski definition) is 1. The largest absolute Gasteiger partial charge is 0.340 e. The van der Waals surface area contributed by atoms with Gasteiger partial charge in [0.15, 0.2) is 0 Å². The fourth-order valence-electron chi connectivity index (χ4n) is 2.47. The highest BCUT2D eigenvalue weighted by Crippen LogP contribution is 2.25. The molecule has 1 N–H and O–H groups in total. The van der Waals surface area contributed by atoms with Crippen LogP contribution >= 0.6 is 0 Å². The Bertz CT molecular complexity index is 685. The maximum absolute atomic E-state index is 12.4. The summed E-state index contributed by atoms with van der Waals surface area (Å²) >= 11 is 0. The molecule has 0 aliphatic carbocycles. The second kappa shape index (κ2) is 8.43. The molecule has 0 saturated carbocycles. The van der Waals surface area contributed by atoms with E-state index in [2.05, 4.69) is 42.1 Å². The van der Waals surface area contributed by atoms with Crippen LogP contribution in [0.5, 0.6) is 0 Å². The Labute approximate surface area is 144 Å². The summed E-state index contributed by atoms with van der Waals surface area (Å²) in [6.07, 6.45) is 3.66. The number of nitrogens with one attached hydrogen (secondary N) is 1. The first-order valence-corrected chi connectivity index (χ1v) is 8.47. The molecule has 2 aromatic rings. The summed E-state index contributed by atoms with van der Waals surface area (Å²) in [5.41, 5.74) is 2.57. The van der Waals surface area contributed by atoms with Crippen LogP contribution in [0.4, 0.5) is 11.6 Å². The molecule has 0 aliphatic rings. The van der Waals surface area contributed by atoms with Crippen molar-refractivity contribution < 1.29 is 4.79 Å². The number of benzene rings is 1. The van der Waals surface area contributed by atoms with Crippen LogP contribution in [0.3, 0.4) is 0 Å². The first-order valence-electron chi connectivity index (χ1n) is 8.47. The van der Waals surface area contributed by atoms with Gasteiger partial charge in [0.1, 0.15) is 5.69 Å². The molecule has 24 heavy (non-hydrogen) atoms. The number of amides is 1. The quantitative estimate of drug-likeness (QED) is 0.828. The summed E-state index contributed by atoms with van der Waals surface area (Å²) in [4.78, 5) is 22.8. The number of carbonyl (C=O) groups excluding carboxylic acids is 1. The molecule has 1 aromatic carbocycles. The Morgan fingerprint density at radius 2 is 2.00 bits per heavy atom. The minimum Gasteiger partial charge on any atom is -0.340 e. The van der Waals surface area contributed by atoms with Crippen LogP contribution < -0.4 is 5.32 Å². The Morgan fingerprint density at radius 3 is 2.71 bits per heavy atom. The van der Waals surface area contributed by atoms with Crippen LogP contribution in [0.2, 0.25) is 0 Å². The van der Waals surface area contributed by atoms with Gasteiger partial charge in [0.2, 0.25) is 5.95 Å². The highest BCUT2D eigenvalue weighted by molar-refractivity contribution is 5.92. The molecule has 1 heterocycles. The number of aromatic nitrogens is 2. The number of rotatable bonds is 7. The molecule has 5 heteroatoms. The molecule has 0 aliphatic heterocycles. The predicted molar refractivity (Wildman–Crippen MR) is 97.7 cm³/mol. The minimum absolute atomic E-state index is 0.0777. The first-order chi connectivity index (χ1) is 11.5. The van der Waals surface area contributed by atoms with Crippen molar-refractivity contribution in [1.29, 1.82) is 0 Å². The molecule has 2 rings (SSSR count). The topological polar surface area (TPSA) is 58.1 Å². The van der Waals surface area contributed by atoms with Gasteiger partial charge in [0.05, 0.1) is 0 Å². The fraction of sp³-hybridized carbons (Fsp3) is 0.421. The number of carbonyl (C=O) groups is 1. The van der Waals surface area contributed by atoms with E-state index in [1.807, 2.05) is 18.2 Å². The number of para-hydroxylation sites is 1. The van der Waals surface area contributed by atoms with Gasteiger partial charge in [-0.15, -0.1) is 0 Å². The molecule has 0 bridgehead atoms. The average molecular weight is 326 g/mol. The molecule has 5 nitrogen and oxygen atoms in total. The molecule has 0 saturated heterocycles. The van der Waals surface area contributed by atoms with Gasteiger partial charge < -0.3 is 10.2 Å². The van der Waals surface area contributed by atoms with E-state index in [1.165, 1.54) is 5.56 Å². The summed E-state index contributed by atoms with van der Waals surface area (Å²) in [7, 11) is 1.81. The predicted octanol–water partition coefficient (Wildman–Crippen LogP) is 4.22. The summed E-state index contributed by atoms with van der Waals surface area (Å²) in [6.45, 7) is 7.13. The molecule has 1 aromatic heterocycles. The van der Waals surface area contributed by atoms with Gasteiger partial charge in [-0.25, -0.2) is 9.97 Å². The number of anilines is 2. The molecule has 0 fully saturated rings. The summed E-state index contributed by atoms with van der Waals surface area (Å²) in [5.74, 6) is 0.752. The van der Waals surface area contributed by atoms with Crippen molar-refractivity contribution >= 4 is 17.5 Å². The van der Waals surface area contributed by atoms with Gasteiger partial charge in [0, 0.05) is 25.5 Å². The molecule has 1 amide bonds. The van der Waals surface area contributed by atoms with Crippen LogP contribution in [-0.4, -0.2) is 34.4 Å². The lowest BCUT2D eigenvalue weighted by Crippen LogP contribution is -2.28. The van der Waals surface area contributed by atoms with E-state index in [9.17, 15) is 4.79 Å². The smallest absolute Gasteiger partial charge is 0.272 e. The van der Waals surface area contributed by atoms with Crippen molar-refractivity contribution in [3.05, 3.63) is 47.8 Å². The van der Waals surface area contributed by atoms with Gasteiger partial charge in [-0.1, -0.05) is 45.4 Å². The Balaban J connectivity index is 2.18. The van der Waals surface area contributed by atoms with Crippen molar-refractivity contribution in [2.45, 2.75) is 39.5 Å². The summed E-state index contributed by atoms with van der Waals surface area (Å²) in [6, 6.07) is 9.73. The highest BCUT2D eigenvalue weighted by Gasteiger charge is 2.14. The first kappa shape index (κ1) is 17.9. The third-order valence-corrected chi connectivity index (χ3v) is 3.90. The van der Waals surface area contributed by atoms with E-state index < -0.39 is 0 Å². The lowest BCUT2D eigenvalue weighted by atomic mass is 10.0. The van der Waals surface area contributed by atoms with Crippen molar-refractivity contribution in [2.75, 3.05) is 18.9 Å². The average Bonchev–Trinajstić information content (AvgIpc) is 2.59. The highest BCUT2D eigenvalue weighted by atomic mass is 16.2. The lowest BCUT2D eigenvalue weighted by molar-refractivity contribution is 0.0787. The Hall–Kier alpha value is -2.43. The van der Waals surface area contributed by atoms with E-state index in [0.717, 1.165) is 25.1 Å². The van der Waals surface area contributed by atoms with Crippen molar-refractivity contribution in [1.82, 2.24) is 14.9 Å². The monoisotopic (exact) mass is 326 g/mol. The normalized spacial score (nSPS) is 10.7. The lowest BCUT2D eigenvalue weighted by Gasteiger charge is -2.17. The zero-order valence-electron chi connectivity index (χ0n) is 14.9. The van der Waals surface area contributed by atoms with Crippen molar-refractivity contribution in [2.24, 2.45) is 0 Å². The van der Waals surface area contributed by atoms with Crippen LogP contribution in [0, 0.1) is 0 Å². The second-order valence-electron chi connectivity index (χ2n) is 6.21. The van der Waals surface area contributed by atoms with Gasteiger partial charge in [-0.2, -0.15) is 0 Å². The van der Waals surface area contributed by atoms with E-state index in [4.69, 9.17) is 0 Å². The van der Waals surface area contributed by atoms with Crippen LogP contribution in [0.1, 0.15) is 55.6 Å². The molecular formula is C19H26N4O. The number of nitrogens with zero attached hydrogens (tertiary/aromatic N) is 3. The van der Waals surface area contributed by atoms with Gasteiger partial charge in [-0.05, 0) is 30.0 Å². The maximum atomic E-state index is 12.4. The number of hydrogen-bond acceptors (Lipinski definition) is 4. The zero-order valence-corrected chi connectivity index (χ0v) is 14.9. The van der Waals surface area contributed by atoms with Crippen molar-refractivity contribution in [3.63, 3.8) is 0 Å². The third kappa shape index (κ3) is 4.54. The molecule has 0 unspecified atom stereocenters. The van der Waals surface area contributed by atoms with Gasteiger partial charge >= 0.3 is 0 Å². The fourth-order valence-corrected chi connectivity index (χ4v) is 2.47. The van der Waals surface area contributed by atoms with E-state index in [0.29, 0.717) is 17.6 Å².